The van der Waals surface area contributed by atoms with Crippen molar-refractivity contribution in [3.63, 3.8) is 0 Å². The normalized spacial score (nSPS) is 23.2. The number of benzene rings is 1. The molecule has 2 atom stereocenters. The van der Waals surface area contributed by atoms with Crippen LogP contribution >= 0.6 is 11.8 Å². The molecule has 0 saturated heterocycles. The number of thioether (sulfide) groups is 1. The first kappa shape index (κ1) is 14.6. The van der Waals surface area contributed by atoms with Crippen molar-refractivity contribution < 1.29 is 4.74 Å². The highest BCUT2D eigenvalue weighted by Crippen LogP contribution is 2.32. The smallest absolute Gasteiger partial charge is 0.142 e. The number of para-hydroxylation sites is 2. The van der Waals surface area contributed by atoms with Gasteiger partial charge in [-0.15, -0.1) is 0 Å². The largest absolute Gasteiger partial charge is 0.491 e. The number of hydrogen-bond donors (Lipinski definition) is 1. The van der Waals surface area contributed by atoms with Crippen LogP contribution < -0.4 is 10.5 Å². The quantitative estimate of drug-likeness (QED) is 0.621. The summed E-state index contributed by atoms with van der Waals surface area (Å²) >= 11 is 2.13. The van der Waals surface area contributed by atoms with Gasteiger partial charge >= 0.3 is 0 Å². The summed E-state index contributed by atoms with van der Waals surface area (Å²) in [5.41, 5.74) is 6.57. The van der Waals surface area contributed by atoms with E-state index in [-0.39, 0.29) is 0 Å². The number of hydrogen-bond acceptors (Lipinski definition) is 3. The molecule has 3 heteroatoms. The minimum Gasteiger partial charge on any atom is -0.491 e. The van der Waals surface area contributed by atoms with Crippen molar-refractivity contribution >= 4 is 17.4 Å². The van der Waals surface area contributed by atoms with Gasteiger partial charge in [0.15, 0.2) is 0 Å². The number of nitrogen functional groups attached to an aromatic ring is 1. The van der Waals surface area contributed by atoms with Crippen LogP contribution in [0.5, 0.6) is 5.75 Å². The van der Waals surface area contributed by atoms with Crippen LogP contribution in [0.25, 0.3) is 0 Å². The topological polar surface area (TPSA) is 35.2 Å². The fraction of sp³-hybridized carbons (Fsp3) is 0.625. The van der Waals surface area contributed by atoms with Gasteiger partial charge < -0.3 is 10.5 Å². The highest BCUT2D eigenvalue weighted by atomic mass is 32.2. The van der Waals surface area contributed by atoms with Gasteiger partial charge in [-0.2, -0.15) is 11.8 Å². The van der Waals surface area contributed by atoms with E-state index in [0.717, 1.165) is 35.6 Å². The van der Waals surface area contributed by atoms with E-state index in [0.29, 0.717) is 0 Å². The third-order valence-electron chi connectivity index (χ3n) is 3.71. The van der Waals surface area contributed by atoms with Crippen LogP contribution in [0.3, 0.4) is 0 Å². The molecule has 1 aromatic rings. The second kappa shape index (κ2) is 7.68. The zero-order chi connectivity index (χ0) is 13.5. The second-order valence-electron chi connectivity index (χ2n) is 5.50. The number of ether oxygens (including phenoxy) is 1. The van der Waals surface area contributed by atoms with Crippen LogP contribution in [0.2, 0.25) is 0 Å². The standard InChI is InChI=1S/C16H25NOS/c1-13-6-4-7-14(12-13)19-11-5-10-18-16-9-3-2-8-15(16)17/h2-3,8-9,13-14H,4-7,10-12,17H2,1H3. The van der Waals surface area contributed by atoms with Crippen molar-refractivity contribution in [3.05, 3.63) is 24.3 Å². The Bertz CT molecular complexity index is 383. The average molecular weight is 279 g/mol. The SMILES string of the molecule is CC1CCCC(SCCCOc2ccccc2N)C1. The Morgan fingerprint density at radius 2 is 2.16 bits per heavy atom. The molecule has 2 nitrogen and oxygen atoms in total. The number of rotatable bonds is 6. The molecule has 2 rings (SSSR count). The predicted octanol–water partition coefficient (Wildman–Crippen LogP) is 4.35. The molecule has 0 bridgehead atoms. The van der Waals surface area contributed by atoms with Gasteiger partial charge in [0.25, 0.3) is 0 Å². The lowest BCUT2D eigenvalue weighted by Gasteiger charge is -2.26. The Labute approximate surface area is 121 Å². The van der Waals surface area contributed by atoms with Crippen molar-refractivity contribution in [1.82, 2.24) is 0 Å². The molecular formula is C16H25NOS. The summed E-state index contributed by atoms with van der Waals surface area (Å²) in [5.74, 6) is 2.94. The lowest BCUT2D eigenvalue weighted by molar-refractivity contribution is 0.320. The summed E-state index contributed by atoms with van der Waals surface area (Å²) in [6.45, 7) is 3.15. The van der Waals surface area contributed by atoms with Crippen molar-refractivity contribution in [1.29, 1.82) is 0 Å². The fourth-order valence-corrected chi connectivity index (χ4v) is 4.05. The highest BCUT2D eigenvalue weighted by molar-refractivity contribution is 7.99. The van der Waals surface area contributed by atoms with Gasteiger partial charge in [-0.1, -0.05) is 31.9 Å². The molecule has 0 heterocycles. The Kier molecular flexibility index (Phi) is 5.90. The molecule has 0 aromatic heterocycles. The van der Waals surface area contributed by atoms with Crippen molar-refractivity contribution in [3.8, 4) is 5.75 Å². The van der Waals surface area contributed by atoms with Gasteiger partial charge in [0.2, 0.25) is 0 Å². The number of nitrogens with two attached hydrogens (primary N) is 1. The van der Waals surface area contributed by atoms with Crippen LogP contribution in [-0.2, 0) is 0 Å². The van der Waals surface area contributed by atoms with E-state index >= 15 is 0 Å². The molecule has 106 valence electrons. The van der Waals surface area contributed by atoms with Crippen LogP contribution in [-0.4, -0.2) is 17.6 Å². The third kappa shape index (κ3) is 4.98. The van der Waals surface area contributed by atoms with E-state index in [1.54, 1.807) is 0 Å². The predicted molar refractivity (Wildman–Crippen MR) is 84.8 cm³/mol. The molecule has 19 heavy (non-hydrogen) atoms. The zero-order valence-electron chi connectivity index (χ0n) is 11.8. The molecule has 0 radical (unpaired) electrons. The maximum Gasteiger partial charge on any atom is 0.142 e. The average Bonchev–Trinajstić information content (AvgIpc) is 2.40. The van der Waals surface area contributed by atoms with Crippen LogP contribution in [0, 0.1) is 5.92 Å². The van der Waals surface area contributed by atoms with Crippen molar-refractivity contribution in [2.24, 2.45) is 5.92 Å². The van der Waals surface area contributed by atoms with Gasteiger partial charge in [0.1, 0.15) is 5.75 Å². The number of anilines is 1. The maximum atomic E-state index is 5.84. The summed E-state index contributed by atoms with van der Waals surface area (Å²) in [4.78, 5) is 0. The van der Waals surface area contributed by atoms with Gasteiger partial charge in [-0.05, 0) is 43.1 Å². The van der Waals surface area contributed by atoms with Crippen LogP contribution in [0.15, 0.2) is 24.3 Å². The molecular weight excluding hydrogens is 254 g/mol. The minimum absolute atomic E-state index is 0.733. The molecule has 2 N–H and O–H groups in total. The van der Waals surface area contributed by atoms with Crippen LogP contribution in [0.4, 0.5) is 5.69 Å². The summed E-state index contributed by atoms with van der Waals surface area (Å²) in [6.07, 6.45) is 6.74. The van der Waals surface area contributed by atoms with Gasteiger partial charge in [-0.3, -0.25) is 0 Å². The summed E-state index contributed by atoms with van der Waals surface area (Å²) in [6, 6.07) is 7.71. The van der Waals surface area contributed by atoms with Crippen molar-refractivity contribution in [2.45, 2.75) is 44.3 Å². The third-order valence-corrected chi connectivity index (χ3v) is 5.13. The second-order valence-corrected chi connectivity index (χ2v) is 6.91. The lowest BCUT2D eigenvalue weighted by Crippen LogP contribution is -2.15. The fourth-order valence-electron chi connectivity index (χ4n) is 2.63. The molecule has 2 unspecified atom stereocenters. The van der Waals surface area contributed by atoms with Gasteiger partial charge in [0, 0.05) is 5.25 Å². The Morgan fingerprint density at radius 3 is 2.95 bits per heavy atom. The molecule has 1 aliphatic carbocycles. The molecule has 1 aliphatic rings. The summed E-state index contributed by atoms with van der Waals surface area (Å²) in [5, 5.41) is 0.880. The van der Waals surface area contributed by atoms with E-state index in [1.165, 1.54) is 31.4 Å². The summed E-state index contributed by atoms with van der Waals surface area (Å²) < 4.78 is 5.71. The lowest BCUT2D eigenvalue weighted by atomic mass is 9.91. The molecule has 1 aromatic carbocycles. The van der Waals surface area contributed by atoms with Gasteiger partial charge in [-0.25, -0.2) is 0 Å². The van der Waals surface area contributed by atoms with E-state index in [9.17, 15) is 0 Å². The van der Waals surface area contributed by atoms with E-state index in [4.69, 9.17) is 10.5 Å². The monoisotopic (exact) mass is 279 g/mol. The van der Waals surface area contributed by atoms with E-state index in [2.05, 4.69) is 18.7 Å². The molecule has 0 aliphatic heterocycles. The molecule has 1 saturated carbocycles. The van der Waals surface area contributed by atoms with Crippen LogP contribution in [0.1, 0.15) is 39.0 Å². The minimum atomic E-state index is 0.733. The zero-order valence-corrected chi connectivity index (χ0v) is 12.6. The first-order valence-corrected chi connectivity index (χ1v) is 8.39. The Hall–Kier alpha value is -0.830. The van der Waals surface area contributed by atoms with E-state index in [1.807, 2.05) is 24.3 Å². The summed E-state index contributed by atoms with van der Waals surface area (Å²) in [7, 11) is 0. The molecule has 0 spiro atoms. The first-order valence-electron chi connectivity index (χ1n) is 7.34. The maximum absolute atomic E-state index is 5.84. The molecule has 0 amide bonds. The van der Waals surface area contributed by atoms with E-state index < -0.39 is 0 Å². The highest BCUT2D eigenvalue weighted by Gasteiger charge is 2.18. The van der Waals surface area contributed by atoms with Gasteiger partial charge in [0.05, 0.1) is 12.3 Å². The van der Waals surface area contributed by atoms with Crippen molar-refractivity contribution in [2.75, 3.05) is 18.1 Å². The first-order chi connectivity index (χ1) is 9.25. The Balaban J connectivity index is 1.58. The molecule has 1 fully saturated rings. The Morgan fingerprint density at radius 1 is 1.32 bits per heavy atom.